The van der Waals surface area contributed by atoms with Gasteiger partial charge in [0.2, 0.25) is 0 Å². The van der Waals surface area contributed by atoms with Crippen molar-refractivity contribution in [2.75, 3.05) is 47.5 Å². The highest BCUT2D eigenvalue weighted by molar-refractivity contribution is 7.47. The van der Waals surface area contributed by atoms with Crippen molar-refractivity contribution >= 4 is 25.5 Å². The van der Waals surface area contributed by atoms with Crippen LogP contribution in [0.1, 0.15) is 168 Å². The van der Waals surface area contributed by atoms with E-state index in [9.17, 15) is 34.1 Å². The molecule has 0 saturated heterocycles. The van der Waals surface area contributed by atoms with Gasteiger partial charge in [0.1, 0.15) is 25.5 Å². The molecule has 1 aliphatic carbocycles. The number of nitrogens with zero attached hydrogens (tertiary/aromatic N) is 1. The fraction of sp³-hybridized carbons (Fsp3) is 0.844. The predicted octanol–water partition coefficient (Wildman–Crippen LogP) is 9.33. The van der Waals surface area contributed by atoms with Crippen molar-refractivity contribution in [3.8, 4) is 0 Å². The normalized spacial score (nSPS) is 19.5. The smallest absolute Gasteiger partial charge is 0.462 e. The van der Waals surface area contributed by atoms with Gasteiger partial charge in [-0.3, -0.25) is 23.4 Å². The van der Waals surface area contributed by atoms with Gasteiger partial charge in [0.15, 0.2) is 6.10 Å². The van der Waals surface area contributed by atoms with Gasteiger partial charge < -0.3 is 29.1 Å². The van der Waals surface area contributed by atoms with E-state index in [2.05, 4.69) is 13.8 Å². The minimum Gasteiger partial charge on any atom is -0.462 e. The summed E-state index contributed by atoms with van der Waals surface area (Å²) >= 11 is 0. The molecule has 0 bridgehead atoms. The van der Waals surface area contributed by atoms with Gasteiger partial charge in [0, 0.05) is 31.1 Å². The SMILES string of the molecule is CCCCCCCCCCCCCCCCC(=O)OC[C@H](COP(=O)(O)OCC[N+](C)(C)C)OC(=O)CCC/C=C\C[C@H]1[C@@H](O)CC(=O)[C@@H]1/C=C/[C@@H](O)CCCCC. The molecule has 58 heavy (non-hydrogen) atoms. The average Bonchev–Trinajstić information content (AvgIpc) is 3.43. The van der Waals surface area contributed by atoms with Crippen molar-refractivity contribution in [3.05, 3.63) is 24.3 Å². The monoisotopic (exact) mass is 845 g/mol. The summed E-state index contributed by atoms with van der Waals surface area (Å²) in [4.78, 5) is 48.1. The Morgan fingerprint density at radius 1 is 0.793 bits per heavy atom. The molecule has 0 aliphatic heterocycles. The van der Waals surface area contributed by atoms with Gasteiger partial charge in [0.05, 0.1) is 40.0 Å². The first kappa shape index (κ1) is 54.1. The number of ketones is 1. The molecule has 338 valence electrons. The molecule has 0 radical (unpaired) electrons. The van der Waals surface area contributed by atoms with Crippen LogP contribution < -0.4 is 0 Å². The molecule has 1 rings (SSSR count). The summed E-state index contributed by atoms with van der Waals surface area (Å²) in [5.74, 6) is -1.74. The van der Waals surface area contributed by atoms with Crippen LogP contribution in [0.5, 0.6) is 0 Å². The molecule has 1 aliphatic rings. The Morgan fingerprint density at radius 2 is 1.36 bits per heavy atom. The molecular weight excluding hydrogens is 761 g/mol. The number of esters is 2. The Labute approximate surface area is 351 Å². The first-order valence-electron chi connectivity index (χ1n) is 22.7. The summed E-state index contributed by atoms with van der Waals surface area (Å²) < 4.78 is 34.2. The Hall–Kier alpha value is -1.92. The van der Waals surface area contributed by atoms with E-state index in [0.717, 1.165) is 38.5 Å². The molecule has 0 aromatic rings. The third kappa shape index (κ3) is 29.3. The lowest BCUT2D eigenvalue weighted by Gasteiger charge is -2.24. The second-order valence-corrected chi connectivity index (χ2v) is 18.7. The minimum atomic E-state index is -4.45. The largest absolute Gasteiger partial charge is 0.472 e. The summed E-state index contributed by atoms with van der Waals surface area (Å²) in [6.07, 6.45) is 27.3. The maximum Gasteiger partial charge on any atom is 0.472 e. The van der Waals surface area contributed by atoms with Gasteiger partial charge in [-0.25, -0.2) is 4.57 Å². The highest BCUT2D eigenvalue weighted by atomic mass is 31.2. The molecule has 3 N–H and O–H groups in total. The number of quaternary nitrogens is 1. The maximum absolute atomic E-state index is 12.8. The third-order valence-corrected chi connectivity index (χ3v) is 11.6. The summed E-state index contributed by atoms with van der Waals surface area (Å²) in [6.45, 7) is 4.01. The minimum absolute atomic E-state index is 0.0148. The lowest BCUT2D eigenvalue weighted by atomic mass is 9.90. The van der Waals surface area contributed by atoms with E-state index in [4.69, 9.17) is 18.5 Å². The number of aliphatic hydroxyl groups excluding tert-OH is 2. The van der Waals surface area contributed by atoms with Crippen LogP contribution in [0.15, 0.2) is 24.3 Å². The summed E-state index contributed by atoms with van der Waals surface area (Å²) in [5.41, 5.74) is 0. The number of allylic oxidation sites excluding steroid dienone is 3. The first-order valence-corrected chi connectivity index (χ1v) is 24.2. The van der Waals surface area contributed by atoms with Crippen molar-refractivity contribution in [1.82, 2.24) is 0 Å². The molecule has 0 spiro atoms. The van der Waals surface area contributed by atoms with Crippen molar-refractivity contribution in [2.45, 2.75) is 186 Å². The van der Waals surface area contributed by atoms with E-state index < -0.39 is 50.6 Å². The molecule has 1 unspecified atom stereocenters. The van der Waals surface area contributed by atoms with Gasteiger partial charge in [-0.2, -0.15) is 0 Å². The molecule has 12 nitrogen and oxygen atoms in total. The first-order chi connectivity index (χ1) is 27.7. The second kappa shape index (κ2) is 32.8. The van der Waals surface area contributed by atoms with Gasteiger partial charge in [-0.1, -0.05) is 141 Å². The number of Topliss-reactive ketones (excluding diaryl/α,β-unsaturated/α-hetero) is 1. The van der Waals surface area contributed by atoms with Crippen LogP contribution in [0, 0.1) is 11.8 Å². The molecule has 0 aromatic carbocycles. The summed E-state index contributed by atoms with van der Waals surface area (Å²) in [5, 5.41) is 20.8. The average molecular weight is 845 g/mol. The van der Waals surface area contributed by atoms with Crippen LogP contribution in [0.25, 0.3) is 0 Å². The lowest BCUT2D eigenvalue weighted by molar-refractivity contribution is -0.870. The topological polar surface area (TPSA) is 166 Å². The zero-order chi connectivity index (χ0) is 43.1. The number of aliphatic hydroxyl groups is 2. The number of carbonyl (C=O) groups is 3. The van der Waals surface area contributed by atoms with Crippen LogP contribution >= 0.6 is 7.82 Å². The molecule has 13 heteroatoms. The summed E-state index contributed by atoms with van der Waals surface area (Å²) in [6, 6.07) is 0. The Morgan fingerprint density at radius 3 is 1.97 bits per heavy atom. The van der Waals surface area contributed by atoms with Gasteiger partial charge >= 0.3 is 19.8 Å². The Balaban J connectivity index is 2.51. The van der Waals surface area contributed by atoms with Gasteiger partial charge in [0.25, 0.3) is 0 Å². The highest BCUT2D eigenvalue weighted by Gasteiger charge is 2.39. The van der Waals surface area contributed by atoms with Crippen LogP contribution in [0.2, 0.25) is 0 Å². The van der Waals surface area contributed by atoms with E-state index in [1.54, 1.807) is 12.2 Å². The van der Waals surface area contributed by atoms with E-state index in [1.165, 1.54) is 64.2 Å². The number of likely N-dealkylation sites (N-methyl/N-ethyl adjacent to an activating group) is 1. The number of carbonyl (C=O) groups excluding carboxylic acids is 3. The molecule has 6 atom stereocenters. The fourth-order valence-corrected chi connectivity index (χ4v) is 7.68. The standard InChI is InChI=1S/C45H82NO11P/c1-6-8-10-11-12-13-14-15-16-17-18-19-20-25-29-44(50)54-36-39(37-56-58(52,53)55-34-33-46(3,4)5)57-45(51)30-26-22-21-24-28-40-41(43(49)35-42(40)48)32-31-38(47)27-23-9-7-2/h21,24,31-32,38-42,47-48H,6-20,22-23,25-30,33-37H2,1-5H3/p+1/b24-21-,32-31+/t38-,39+,40+,41+,42-/m0/s1. The molecule has 0 aromatic heterocycles. The number of rotatable bonds is 37. The van der Waals surface area contributed by atoms with Crippen molar-refractivity contribution < 1.29 is 57.1 Å². The van der Waals surface area contributed by atoms with Gasteiger partial charge in [-0.15, -0.1) is 0 Å². The number of phosphoric acid groups is 1. The number of unbranched alkanes of at least 4 members (excludes halogenated alkanes) is 16. The molecule has 1 fully saturated rings. The van der Waals surface area contributed by atoms with E-state index in [-0.39, 0.29) is 44.2 Å². The fourth-order valence-electron chi connectivity index (χ4n) is 6.94. The van der Waals surface area contributed by atoms with Crippen LogP contribution in [0.4, 0.5) is 0 Å². The van der Waals surface area contributed by atoms with E-state index in [0.29, 0.717) is 43.1 Å². The Kier molecular flexibility index (Phi) is 30.6. The quantitative estimate of drug-likeness (QED) is 0.0179. The zero-order valence-electron chi connectivity index (χ0n) is 37.0. The summed E-state index contributed by atoms with van der Waals surface area (Å²) in [7, 11) is 1.32. The molecular formula is C45H83NO11P+. The van der Waals surface area contributed by atoms with Crippen LogP contribution in [-0.2, 0) is 37.5 Å². The highest BCUT2D eigenvalue weighted by Crippen LogP contribution is 2.43. The number of hydrogen-bond acceptors (Lipinski definition) is 10. The molecule has 0 amide bonds. The molecule has 1 saturated carbocycles. The van der Waals surface area contributed by atoms with Crippen LogP contribution in [-0.4, -0.2) is 103 Å². The number of ether oxygens (including phenoxy) is 2. The number of hydrogen-bond donors (Lipinski definition) is 3. The maximum atomic E-state index is 12.8. The lowest BCUT2D eigenvalue weighted by Crippen LogP contribution is -2.37. The van der Waals surface area contributed by atoms with Crippen LogP contribution in [0.3, 0.4) is 0 Å². The number of phosphoric ester groups is 1. The Bertz CT molecular complexity index is 1200. The third-order valence-electron chi connectivity index (χ3n) is 10.6. The van der Waals surface area contributed by atoms with Gasteiger partial charge in [-0.05, 0) is 32.1 Å². The van der Waals surface area contributed by atoms with Crippen molar-refractivity contribution in [3.63, 3.8) is 0 Å². The molecule has 0 heterocycles. The van der Waals surface area contributed by atoms with E-state index in [1.807, 2.05) is 33.3 Å². The van der Waals surface area contributed by atoms with Crippen molar-refractivity contribution in [2.24, 2.45) is 11.8 Å². The predicted molar refractivity (Wildman–Crippen MR) is 230 cm³/mol. The zero-order valence-corrected chi connectivity index (χ0v) is 37.9. The second-order valence-electron chi connectivity index (χ2n) is 17.2. The van der Waals surface area contributed by atoms with E-state index >= 15 is 0 Å². The van der Waals surface area contributed by atoms with Crippen molar-refractivity contribution in [1.29, 1.82) is 0 Å².